The van der Waals surface area contributed by atoms with Crippen LogP contribution in [0.2, 0.25) is 0 Å². The number of nitrogens with zero attached hydrogens (tertiary/aromatic N) is 3. The summed E-state index contributed by atoms with van der Waals surface area (Å²) in [6.45, 7) is 11.1. The third-order valence-corrected chi connectivity index (χ3v) is 5.23. The van der Waals surface area contributed by atoms with Crippen LogP contribution in [0, 0.1) is 0 Å². The predicted molar refractivity (Wildman–Crippen MR) is 108 cm³/mol. The van der Waals surface area contributed by atoms with E-state index >= 15 is 0 Å². The van der Waals surface area contributed by atoms with Crippen LogP contribution in [0.5, 0.6) is 0 Å². The summed E-state index contributed by atoms with van der Waals surface area (Å²) in [5, 5.41) is 12.5. The number of hydrogen-bond donors (Lipinski definition) is 2. The Labute approximate surface area is 152 Å². The number of H-pyrrole nitrogens is 1. The fourth-order valence-electron chi connectivity index (χ4n) is 3.15. The Hall–Kier alpha value is -1.59. The summed E-state index contributed by atoms with van der Waals surface area (Å²) >= 11 is 0. The highest BCUT2D eigenvalue weighted by molar-refractivity contribution is 5.92. The van der Waals surface area contributed by atoms with Crippen molar-refractivity contribution in [1.29, 1.82) is 0 Å². The van der Waals surface area contributed by atoms with Gasteiger partial charge in [0.05, 0.1) is 5.52 Å². The lowest BCUT2D eigenvalue weighted by atomic mass is 10.0. The molecule has 140 valence electrons. The number of anilines is 1. The largest absolute Gasteiger partial charge is 0.368 e. The van der Waals surface area contributed by atoms with Crippen LogP contribution >= 0.6 is 0 Å². The lowest BCUT2D eigenvalue weighted by molar-refractivity contribution is 0.299. The molecule has 0 aliphatic rings. The molecule has 0 radical (unpaired) electrons. The molecule has 1 unspecified atom stereocenters. The molecule has 0 aliphatic heterocycles. The van der Waals surface area contributed by atoms with Crippen LogP contribution in [0.15, 0.2) is 18.2 Å². The summed E-state index contributed by atoms with van der Waals surface area (Å²) in [4.78, 5) is 4.74. The highest BCUT2D eigenvalue weighted by atomic mass is 15.2. The van der Waals surface area contributed by atoms with Crippen molar-refractivity contribution in [3.05, 3.63) is 23.8 Å². The maximum absolute atomic E-state index is 4.52. The minimum Gasteiger partial charge on any atom is -0.368 e. The molecule has 0 spiro atoms. The van der Waals surface area contributed by atoms with Crippen molar-refractivity contribution >= 4 is 16.7 Å². The van der Waals surface area contributed by atoms with Crippen molar-refractivity contribution in [2.24, 2.45) is 0 Å². The van der Waals surface area contributed by atoms with Crippen molar-refractivity contribution in [1.82, 2.24) is 20.0 Å². The Balaban J connectivity index is 2.00. The molecule has 0 saturated carbocycles. The second-order valence-electron chi connectivity index (χ2n) is 7.07. The predicted octanol–water partition coefficient (Wildman–Crippen LogP) is 3.59. The molecule has 0 bridgehead atoms. The van der Waals surface area contributed by atoms with Crippen LogP contribution in [-0.2, 0) is 6.42 Å². The van der Waals surface area contributed by atoms with Crippen molar-refractivity contribution in [3.63, 3.8) is 0 Å². The molecule has 0 fully saturated rings. The molecule has 25 heavy (non-hydrogen) atoms. The zero-order chi connectivity index (χ0) is 18.2. The van der Waals surface area contributed by atoms with E-state index in [1.807, 2.05) is 0 Å². The highest BCUT2D eigenvalue weighted by Crippen LogP contribution is 2.26. The summed E-state index contributed by atoms with van der Waals surface area (Å²) in [7, 11) is 4.29. The number of fused-ring (bicyclic) bond motifs is 1. The molecule has 1 atom stereocenters. The van der Waals surface area contributed by atoms with E-state index in [0.717, 1.165) is 56.8 Å². The molecule has 2 N–H and O–H groups in total. The van der Waals surface area contributed by atoms with Crippen LogP contribution in [0.4, 0.5) is 5.82 Å². The van der Waals surface area contributed by atoms with E-state index in [2.05, 4.69) is 78.4 Å². The minimum absolute atomic E-state index is 0.577. The summed E-state index contributed by atoms with van der Waals surface area (Å²) in [6.07, 6.45) is 3.36. The average Bonchev–Trinajstić information content (AvgIpc) is 3.03. The molecule has 5 heteroatoms. The van der Waals surface area contributed by atoms with Gasteiger partial charge in [0, 0.05) is 18.0 Å². The Kier molecular flexibility index (Phi) is 7.72. The van der Waals surface area contributed by atoms with Crippen LogP contribution in [0.25, 0.3) is 10.9 Å². The summed E-state index contributed by atoms with van der Waals surface area (Å²) in [5.74, 6) is 1.00. The number of aromatic nitrogens is 2. The fourth-order valence-corrected chi connectivity index (χ4v) is 3.15. The van der Waals surface area contributed by atoms with Gasteiger partial charge in [-0.15, -0.1) is 0 Å². The normalized spacial score (nSPS) is 13.1. The first kappa shape index (κ1) is 19.7. The number of aryl methyl sites for hydroxylation is 1. The molecule has 0 amide bonds. The second-order valence-corrected chi connectivity index (χ2v) is 7.07. The van der Waals surface area contributed by atoms with Gasteiger partial charge in [0.15, 0.2) is 5.82 Å². The molecule has 0 aliphatic carbocycles. The monoisotopic (exact) mass is 345 g/mol. The molecule has 2 aromatic rings. The van der Waals surface area contributed by atoms with Crippen molar-refractivity contribution in [2.75, 3.05) is 45.6 Å². The third kappa shape index (κ3) is 5.44. The molecule has 5 nitrogen and oxygen atoms in total. The van der Waals surface area contributed by atoms with Gasteiger partial charge >= 0.3 is 0 Å². The van der Waals surface area contributed by atoms with Crippen molar-refractivity contribution in [2.45, 2.75) is 46.1 Å². The Bertz CT molecular complexity index is 630. The average molecular weight is 346 g/mol. The van der Waals surface area contributed by atoms with Gasteiger partial charge in [-0.2, -0.15) is 5.10 Å². The van der Waals surface area contributed by atoms with E-state index in [-0.39, 0.29) is 0 Å². The first-order valence-corrected chi connectivity index (χ1v) is 9.65. The standard InChI is InChI=1S/C20H35N5/c1-6-25(7-2)15-9-14-21-20-19-17(13-12-16(3)24(4)5)10-8-11-18(19)22-23-20/h8,10-11,16H,6-7,9,12-15H2,1-5H3,(H2,21,22,23). The summed E-state index contributed by atoms with van der Waals surface area (Å²) < 4.78 is 0. The SMILES string of the molecule is CCN(CC)CCCNc1n[nH]c2cccc(CCC(C)N(C)C)c12. The van der Waals surface area contributed by atoms with Gasteiger partial charge in [-0.05, 0) is 71.5 Å². The lowest BCUT2D eigenvalue weighted by Crippen LogP contribution is -2.25. The topological polar surface area (TPSA) is 47.2 Å². The molecule has 1 aromatic carbocycles. The minimum atomic E-state index is 0.577. The number of aromatic amines is 1. The Morgan fingerprint density at radius 2 is 1.96 bits per heavy atom. The summed E-state index contributed by atoms with van der Waals surface area (Å²) in [6, 6.07) is 7.05. The third-order valence-electron chi connectivity index (χ3n) is 5.23. The number of nitrogens with one attached hydrogen (secondary N) is 2. The van der Waals surface area contributed by atoms with Crippen LogP contribution < -0.4 is 5.32 Å². The number of hydrogen-bond acceptors (Lipinski definition) is 4. The molecule has 0 saturated heterocycles. The smallest absolute Gasteiger partial charge is 0.156 e. The highest BCUT2D eigenvalue weighted by Gasteiger charge is 2.12. The van der Waals surface area contributed by atoms with E-state index in [1.54, 1.807) is 0 Å². The van der Waals surface area contributed by atoms with Crippen molar-refractivity contribution in [3.8, 4) is 0 Å². The van der Waals surface area contributed by atoms with Crippen LogP contribution in [0.1, 0.15) is 39.2 Å². The molecule has 2 rings (SSSR count). The van der Waals surface area contributed by atoms with Crippen molar-refractivity contribution < 1.29 is 0 Å². The number of rotatable bonds is 11. The molecule has 1 heterocycles. The first-order valence-electron chi connectivity index (χ1n) is 9.65. The van der Waals surface area contributed by atoms with E-state index in [1.165, 1.54) is 10.9 Å². The molecular weight excluding hydrogens is 310 g/mol. The van der Waals surface area contributed by atoms with Gasteiger partial charge < -0.3 is 15.1 Å². The summed E-state index contributed by atoms with van der Waals surface area (Å²) in [5.41, 5.74) is 2.51. The van der Waals surface area contributed by atoms with E-state index in [0.29, 0.717) is 6.04 Å². The van der Waals surface area contributed by atoms with Gasteiger partial charge in [0.2, 0.25) is 0 Å². The zero-order valence-electron chi connectivity index (χ0n) is 16.6. The maximum Gasteiger partial charge on any atom is 0.156 e. The second kappa shape index (κ2) is 9.78. The maximum atomic E-state index is 4.52. The van der Waals surface area contributed by atoms with Gasteiger partial charge in [-0.25, -0.2) is 0 Å². The fraction of sp³-hybridized carbons (Fsp3) is 0.650. The van der Waals surface area contributed by atoms with Crippen LogP contribution in [-0.4, -0.2) is 66.3 Å². The van der Waals surface area contributed by atoms with Crippen LogP contribution in [0.3, 0.4) is 0 Å². The van der Waals surface area contributed by atoms with Gasteiger partial charge in [0.1, 0.15) is 0 Å². The molecular formula is C20H35N5. The molecule has 1 aromatic heterocycles. The lowest BCUT2D eigenvalue weighted by Gasteiger charge is -2.19. The zero-order valence-corrected chi connectivity index (χ0v) is 16.6. The van der Waals surface area contributed by atoms with Gasteiger partial charge in [-0.3, -0.25) is 5.10 Å². The quantitative estimate of drug-likeness (QED) is 0.611. The van der Waals surface area contributed by atoms with E-state index in [9.17, 15) is 0 Å². The Morgan fingerprint density at radius 3 is 2.64 bits per heavy atom. The van der Waals surface area contributed by atoms with E-state index in [4.69, 9.17) is 0 Å². The van der Waals surface area contributed by atoms with Gasteiger partial charge in [0.25, 0.3) is 0 Å². The van der Waals surface area contributed by atoms with Gasteiger partial charge in [-0.1, -0.05) is 26.0 Å². The Morgan fingerprint density at radius 1 is 1.20 bits per heavy atom. The first-order chi connectivity index (χ1) is 12.1. The van der Waals surface area contributed by atoms with E-state index < -0.39 is 0 Å². The number of benzene rings is 1.